The number of aromatic nitrogens is 2. The third-order valence-electron chi connectivity index (χ3n) is 2.90. The Labute approximate surface area is 97.2 Å². The second-order valence-electron chi connectivity index (χ2n) is 4.02. The van der Waals surface area contributed by atoms with Crippen LogP contribution >= 0.6 is 15.9 Å². The lowest BCUT2D eigenvalue weighted by atomic mass is 9.99. The lowest BCUT2D eigenvalue weighted by Crippen LogP contribution is -2.43. The van der Waals surface area contributed by atoms with Crippen LogP contribution in [-0.2, 0) is 0 Å². The largest absolute Gasteiger partial charge is 0.337 e. The van der Waals surface area contributed by atoms with Gasteiger partial charge in [0.15, 0.2) is 0 Å². The van der Waals surface area contributed by atoms with Gasteiger partial charge in [0.25, 0.3) is 5.91 Å². The average molecular weight is 272 g/mol. The van der Waals surface area contributed by atoms with Crippen molar-refractivity contribution in [3.05, 3.63) is 18.0 Å². The summed E-state index contributed by atoms with van der Waals surface area (Å²) in [7, 11) is 0. The number of nitrogens with one attached hydrogen (secondary N) is 1. The van der Waals surface area contributed by atoms with Crippen molar-refractivity contribution in [2.45, 2.75) is 18.2 Å². The number of nitrogens with zero attached hydrogens (tertiary/aromatic N) is 2. The first kappa shape index (κ1) is 10.7. The van der Waals surface area contributed by atoms with Crippen LogP contribution in [0.5, 0.6) is 0 Å². The van der Waals surface area contributed by atoms with Crippen molar-refractivity contribution < 1.29 is 4.79 Å². The summed E-state index contributed by atoms with van der Waals surface area (Å²) in [5, 5.41) is 6.45. The fourth-order valence-corrected chi connectivity index (χ4v) is 2.37. The maximum Gasteiger partial charge on any atom is 0.257 e. The number of hydrogen-bond acceptors (Lipinski definition) is 2. The van der Waals surface area contributed by atoms with Crippen molar-refractivity contribution in [2.75, 3.05) is 13.1 Å². The van der Waals surface area contributed by atoms with Gasteiger partial charge in [-0.05, 0) is 12.3 Å². The van der Waals surface area contributed by atoms with Crippen LogP contribution in [-0.4, -0.2) is 38.9 Å². The summed E-state index contributed by atoms with van der Waals surface area (Å²) >= 11 is 3.61. The monoisotopic (exact) mass is 271 g/mol. The van der Waals surface area contributed by atoms with Crippen LogP contribution in [0.1, 0.15) is 23.7 Å². The number of halogens is 1. The molecule has 0 aromatic carbocycles. The smallest absolute Gasteiger partial charge is 0.257 e. The number of piperidine rings is 1. The van der Waals surface area contributed by atoms with Crippen molar-refractivity contribution >= 4 is 21.8 Å². The number of likely N-dealkylation sites (tertiary alicyclic amines) is 1. The molecule has 0 saturated carbocycles. The van der Waals surface area contributed by atoms with Crippen molar-refractivity contribution in [2.24, 2.45) is 5.92 Å². The lowest BCUT2D eigenvalue weighted by Gasteiger charge is -2.33. The first-order valence-electron chi connectivity index (χ1n) is 5.10. The van der Waals surface area contributed by atoms with Gasteiger partial charge in [-0.15, -0.1) is 0 Å². The summed E-state index contributed by atoms with van der Waals surface area (Å²) in [6.45, 7) is 3.83. The van der Waals surface area contributed by atoms with E-state index >= 15 is 0 Å². The van der Waals surface area contributed by atoms with Gasteiger partial charge in [0, 0.05) is 24.1 Å². The van der Waals surface area contributed by atoms with Crippen LogP contribution < -0.4 is 0 Å². The van der Waals surface area contributed by atoms with Crippen LogP contribution in [0.3, 0.4) is 0 Å². The van der Waals surface area contributed by atoms with Gasteiger partial charge < -0.3 is 4.90 Å². The Morgan fingerprint density at radius 3 is 3.13 bits per heavy atom. The van der Waals surface area contributed by atoms with Gasteiger partial charge in [-0.3, -0.25) is 9.89 Å². The number of aromatic amines is 1. The number of alkyl halides is 1. The van der Waals surface area contributed by atoms with Gasteiger partial charge in [-0.25, -0.2) is 0 Å². The molecular formula is C10H14BrN3O. The van der Waals surface area contributed by atoms with E-state index in [1.807, 2.05) is 4.90 Å². The van der Waals surface area contributed by atoms with Gasteiger partial charge in [-0.1, -0.05) is 22.9 Å². The molecule has 1 aliphatic rings. The molecule has 2 atom stereocenters. The maximum absolute atomic E-state index is 12.0. The Hall–Kier alpha value is -0.840. The zero-order valence-corrected chi connectivity index (χ0v) is 10.2. The lowest BCUT2D eigenvalue weighted by molar-refractivity contribution is 0.0706. The molecule has 4 nitrogen and oxygen atoms in total. The van der Waals surface area contributed by atoms with E-state index in [9.17, 15) is 4.79 Å². The molecule has 1 fully saturated rings. The number of hydrogen-bond donors (Lipinski definition) is 1. The molecule has 1 saturated heterocycles. The second-order valence-corrected chi connectivity index (χ2v) is 5.20. The molecule has 5 heteroatoms. The van der Waals surface area contributed by atoms with Crippen LogP contribution in [0.25, 0.3) is 0 Å². The molecule has 1 aliphatic heterocycles. The van der Waals surface area contributed by atoms with E-state index in [1.165, 1.54) is 0 Å². The van der Waals surface area contributed by atoms with Crippen molar-refractivity contribution in [3.8, 4) is 0 Å². The fraction of sp³-hybridized carbons (Fsp3) is 0.600. The minimum absolute atomic E-state index is 0.0695. The van der Waals surface area contributed by atoms with E-state index in [4.69, 9.17) is 0 Å². The molecule has 1 aromatic rings. The van der Waals surface area contributed by atoms with Crippen molar-refractivity contribution in [3.63, 3.8) is 0 Å². The molecule has 1 aromatic heterocycles. The van der Waals surface area contributed by atoms with E-state index in [1.54, 1.807) is 12.4 Å². The number of H-pyrrole nitrogens is 1. The molecule has 15 heavy (non-hydrogen) atoms. The van der Waals surface area contributed by atoms with Crippen LogP contribution in [0.15, 0.2) is 12.4 Å². The highest BCUT2D eigenvalue weighted by Gasteiger charge is 2.27. The van der Waals surface area contributed by atoms with Crippen molar-refractivity contribution in [1.82, 2.24) is 15.1 Å². The molecule has 0 bridgehead atoms. The summed E-state index contributed by atoms with van der Waals surface area (Å²) in [6, 6.07) is 0. The summed E-state index contributed by atoms with van der Waals surface area (Å²) in [4.78, 5) is 14.2. The molecule has 0 spiro atoms. The van der Waals surface area contributed by atoms with Gasteiger partial charge in [0.05, 0.1) is 11.8 Å². The third-order valence-corrected chi connectivity index (χ3v) is 4.09. The third kappa shape index (κ3) is 2.22. The van der Waals surface area contributed by atoms with E-state index in [0.29, 0.717) is 16.3 Å². The summed E-state index contributed by atoms with van der Waals surface area (Å²) < 4.78 is 0. The molecular weight excluding hydrogens is 258 g/mol. The average Bonchev–Trinajstić information content (AvgIpc) is 2.74. The summed E-state index contributed by atoms with van der Waals surface area (Å²) in [5.41, 5.74) is 0.643. The molecule has 0 radical (unpaired) electrons. The highest BCUT2D eigenvalue weighted by atomic mass is 79.9. The standard InChI is InChI=1S/C10H14BrN3O/c1-7-2-3-14(6-9(7)11)10(15)8-4-12-13-5-8/h4-5,7,9H,2-3,6H2,1H3,(H,12,13). The van der Waals surface area contributed by atoms with E-state index in [2.05, 4.69) is 33.1 Å². The van der Waals surface area contributed by atoms with Crippen LogP contribution in [0.2, 0.25) is 0 Å². The Balaban J connectivity index is 2.03. The molecule has 0 aliphatic carbocycles. The van der Waals surface area contributed by atoms with Crippen molar-refractivity contribution in [1.29, 1.82) is 0 Å². The van der Waals surface area contributed by atoms with E-state index in [-0.39, 0.29) is 5.91 Å². The molecule has 2 heterocycles. The predicted octanol–water partition coefficient (Wildman–Crippen LogP) is 1.66. The number of carbonyl (C=O) groups excluding carboxylic acids is 1. The highest BCUT2D eigenvalue weighted by molar-refractivity contribution is 9.09. The fourth-order valence-electron chi connectivity index (χ4n) is 1.76. The number of amides is 1. The zero-order chi connectivity index (χ0) is 10.8. The normalized spacial score (nSPS) is 26.7. The summed E-state index contributed by atoms with van der Waals surface area (Å²) in [6.07, 6.45) is 4.27. The van der Waals surface area contributed by atoms with E-state index in [0.717, 1.165) is 19.5 Å². The molecule has 82 valence electrons. The number of rotatable bonds is 1. The Morgan fingerprint density at radius 2 is 2.53 bits per heavy atom. The first-order valence-corrected chi connectivity index (χ1v) is 6.02. The van der Waals surface area contributed by atoms with Crippen LogP contribution in [0, 0.1) is 5.92 Å². The van der Waals surface area contributed by atoms with Gasteiger partial charge in [-0.2, -0.15) is 5.10 Å². The predicted molar refractivity (Wildman–Crippen MR) is 61.0 cm³/mol. The van der Waals surface area contributed by atoms with Crippen LogP contribution in [0.4, 0.5) is 0 Å². The Kier molecular flexibility index (Phi) is 3.09. The minimum Gasteiger partial charge on any atom is -0.337 e. The molecule has 2 rings (SSSR count). The number of carbonyl (C=O) groups is 1. The summed E-state index contributed by atoms with van der Waals surface area (Å²) in [5.74, 6) is 0.707. The highest BCUT2D eigenvalue weighted by Crippen LogP contribution is 2.24. The second kappa shape index (κ2) is 4.35. The topological polar surface area (TPSA) is 49.0 Å². The molecule has 1 N–H and O–H groups in total. The minimum atomic E-state index is 0.0695. The first-order chi connectivity index (χ1) is 7.18. The maximum atomic E-state index is 12.0. The zero-order valence-electron chi connectivity index (χ0n) is 8.61. The van der Waals surface area contributed by atoms with Gasteiger partial charge >= 0.3 is 0 Å². The SMILES string of the molecule is CC1CCN(C(=O)c2cn[nH]c2)CC1Br. The van der Waals surface area contributed by atoms with Gasteiger partial charge in [0.2, 0.25) is 0 Å². The Bertz CT molecular complexity index is 338. The Morgan fingerprint density at radius 1 is 1.73 bits per heavy atom. The molecule has 2 unspecified atom stereocenters. The van der Waals surface area contributed by atoms with E-state index < -0.39 is 0 Å². The quantitative estimate of drug-likeness (QED) is 0.790. The molecule has 1 amide bonds. The van der Waals surface area contributed by atoms with Gasteiger partial charge in [0.1, 0.15) is 0 Å².